The topological polar surface area (TPSA) is 52.6 Å². The summed E-state index contributed by atoms with van der Waals surface area (Å²) in [4.78, 5) is 14.0. The van der Waals surface area contributed by atoms with Gasteiger partial charge >= 0.3 is 0 Å². The number of carbonyl (C=O) groups excluding carboxylic acids is 1. The normalized spacial score (nSPS) is 18.3. The number of amides is 1. The first kappa shape index (κ1) is 14.0. The van der Waals surface area contributed by atoms with Crippen molar-refractivity contribution in [2.75, 3.05) is 26.7 Å². The van der Waals surface area contributed by atoms with Crippen molar-refractivity contribution in [2.24, 2.45) is 5.92 Å². The average molecular weight is 262 g/mol. The second-order valence-corrected chi connectivity index (χ2v) is 5.14. The minimum absolute atomic E-state index is 0.172. The molecule has 4 heteroatoms. The molecule has 1 aromatic rings. The fourth-order valence-corrected chi connectivity index (χ4v) is 2.60. The van der Waals surface area contributed by atoms with Crippen molar-refractivity contribution in [1.82, 2.24) is 10.2 Å². The van der Waals surface area contributed by atoms with Crippen molar-refractivity contribution in [1.29, 1.82) is 0 Å². The van der Waals surface area contributed by atoms with Crippen molar-refractivity contribution < 1.29 is 9.90 Å². The molecule has 1 unspecified atom stereocenters. The van der Waals surface area contributed by atoms with Gasteiger partial charge in [-0.1, -0.05) is 30.3 Å². The third-order valence-corrected chi connectivity index (χ3v) is 3.77. The Kier molecular flexibility index (Phi) is 4.93. The zero-order chi connectivity index (χ0) is 13.7. The van der Waals surface area contributed by atoms with E-state index in [-0.39, 0.29) is 5.91 Å². The van der Waals surface area contributed by atoms with Crippen LogP contribution in [0.25, 0.3) is 0 Å². The summed E-state index contributed by atoms with van der Waals surface area (Å²) in [5.41, 5.74) is 0.671. The van der Waals surface area contributed by atoms with Crippen LogP contribution in [0.5, 0.6) is 0 Å². The van der Waals surface area contributed by atoms with E-state index in [0.29, 0.717) is 11.5 Å². The van der Waals surface area contributed by atoms with Gasteiger partial charge in [0.25, 0.3) is 5.91 Å². The van der Waals surface area contributed by atoms with Gasteiger partial charge in [0.05, 0.1) is 0 Å². The summed E-state index contributed by atoms with van der Waals surface area (Å²) < 4.78 is 0. The summed E-state index contributed by atoms with van der Waals surface area (Å²) in [5, 5.41) is 13.3. The lowest BCUT2D eigenvalue weighted by Gasteiger charge is -2.33. The lowest BCUT2D eigenvalue weighted by Crippen LogP contribution is -2.42. The zero-order valence-electron chi connectivity index (χ0n) is 11.4. The average Bonchev–Trinajstić information content (AvgIpc) is 2.48. The zero-order valence-corrected chi connectivity index (χ0v) is 11.4. The predicted molar refractivity (Wildman–Crippen MR) is 74.6 cm³/mol. The molecule has 1 aliphatic heterocycles. The number of nitrogens with zero attached hydrogens (tertiary/aromatic N) is 1. The van der Waals surface area contributed by atoms with Crippen LogP contribution in [0.1, 0.15) is 24.5 Å². The van der Waals surface area contributed by atoms with Gasteiger partial charge in [-0.3, -0.25) is 4.79 Å². The molecular formula is C15H22N2O2. The first-order valence-corrected chi connectivity index (χ1v) is 6.88. The molecule has 1 saturated heterocycles. The van der Waals surface area contributed by atoms with Crippen LogP contribution in [0, 0.1) is 5.92 Å². The molecule has 0 radical (unpaired) electrons. The van der Waals surface area contributed by atoms with E-state index in [0.717, 1.165) is 32.5 Å². The number of rotatable bonds is 4. The molecule has 0 spiro atoms. The Bertz CT molecular complexity index is 400. The van der Waals surface area contributed by atoms with Crippen LogP contribution in [-0.2, 0) is 4.79 Å². The summed E-state index contributed by atoms with van der Waals surface area (Å²) in [6.07, 6.45) is 0.990. The minimum Gasteiger partial charge on any atom is -0.378 e. The van der Waals surface area contributed by atoms with Gasteiger partial charge < -0.3 is 15.3 Å². The number of piperidine rings is 1. The quantitative estimate of drug-likeness (QED) is 0.856. The third kappa shape index (κ3) is 3.55. The van der Waals surface area contributed by atoms with E-state index >= 15 is 0 Å². The molecule has 1 atom stereocenters. The van der Waals surface area contributed by atoms with Crippen molar-refractivity contribution in [3.8, 4) is 0 Å². The maximum absolute atomic E-state index is 12.2. The molecule has 1 aliphatic rings. The Morgan fingerprint density at radius 2 is 2.00 bits per heavy atom. The van der Waals surface area contributed by atoms with Crippen LogP contribution >= 0.6 is 0 Å². The van der Waals surface area contributed by atoms with E-state index < -0.39 is 6.10 Å². The van der Waals surface area contributed by atoms with Gasteiger partial charge in [-0.2, -0.15) is 0 Å². The van der Waals surface area contributed by atoms with Crippen LogP contribution in [0.3, 0.4) is 0 Å². The molecule has 0 aliphatic carbocycles. The first-order valence-electron chi connectivity index (χ1n) is 6.88. The molecule has 1 amide bonds. The number of likely N-dealkylation sites (tertiary alicyclic amines) is 1. The molecule has 0 saturated carbocycles. The molecule has 1 heterocycles. The highest BCUT2D eigenvalue weighted by molar-refractivity contribution is 5.82. The van der Waals surface area contributed by atoms with Crippen molar-refractivity contribution in [2.45, 2.75) is 18.9 Å². The lowest BCUT2D eigenvalue weighted by molar-refractivity contribution is -0.142. The van der Waals surface area contributed by atoms with Gasteiger partial charge in [-0.05, 0) is 37.9 Å². The van der Waals surface area contributed by atoms with E-state index in [9.17, 15) is 9.90 Å². The van der Waals surface area contributed by atoms with Crippen LogP contribution in [0.4, 0.5) is 0 Å². The first-order chi connectivity index (χ1) is 9.22. The van der Waals surface area contributed by atoms with Gasteiger partial charge in [0, 0.05) is 13.1 Å². The molecule has 19 heavy (non-hydrogen) atoms. The summed E-state index contributed by atoms with van der Waals surface area (Å²) in [6, 6.07) is 9.13. The fraction of sp³-hybridized carbons (Fsp3) is 0.533. The fourth-order valence-electron chi connectivity index (χ4n) is 2.60. The summed E-state index contributed by atoms with van der Waals surface area (Å²) in [7, 11) is 1.96. The van der Waals surface area contributed by atoms with Gasteiger partial charge in [0.15, 0.2) is 6.10 Å². The molecule has 1 fully saturated rings. The van der Waals surface area contributed by atoms with Gasteiger partial charge in [0.1, 0.15) is 0 Å². The second kappa shape index (κ2) is 6.68. The van der Waals surface area contributed by atoms with Crippen molar-refractivity contribution in [3.05, 3.63) is 35.9 Å². The Hall–Kier alpha value is -1.39. The van der Waals surface area contributed by atoms with E-state index in [2.05, 4.69) is 5.32 Å². The van der Waals surface area contributed by atoms with Crippen LogP contribution < -0.4 is 5.32 Å². The highest BCUT2D eigenvalue weighted by Gasteiger charge is 2.27. The Morgan fingerprint density at radius 3 is 2.58 bits per heavy atom. The van der Waals surface area contributed by atoms with Crippen LogP contribution in [0.15, 0.2) is 30.3 Å². The van der Waals surface area contributed by atoms with Crippen LogP contribution in [-0.4, -0.2) is 42.6 Å². The standard InChI is InChI=1S/C15H22N2O2/c1-16-11-12-7-9-17(10-8-12)15(19)14(18)13-5-3-2-4-6-13/h2-6,12,14,16,18H,7-11H2,1H3. The molecule has 2 N–H and O–H groups in total. The summed E-state index contributed by atoms with van der Waals surface area (Å²) >= 11 is 0. The molecule has 4 nitrogen and oxygen atoms in total. The Balaban J connectivity index is 1.91. The smallest absolute Gasteiger partial charge is 0.256 e. The van der Waals surface area contributed by atoms with Crippen LogP contribution in [0.2, 0.25) is 0 Å². The van der Waals surface area contributed by atoms with Crippen molar-refractivity contribution >= 4 is 5.91 Å². The maximum atomic E-state index is 12.2. The molecule has 0 aromatic heterocycles. The number of benzene rings is 1. The molecule has 104 valence electrons. The van der Waals surface area contributed by atoms with E-state index in [1.165, 1.54) is 0 Å². The molecular weight excluding hydrogens is 240 g/mol. The van der Waals surface area contributed by atoms with Gasteiger partial charge in [0.2, 0.25) is 0 Å². The van der Waals surface area contributed by atoms with E-state index in [1.54, 1.807) is 17.0 Å². The Morgan fingerprint density at radius 1 is 1.37 bits per heavy atom. The Labute approximate surface area is 114 Å². The highest BCUT2D eigenvalue weighted by Crippen LogP contribution is 2.21. The summed E-state index contributed by atoms with van der Waals surface area (Å²) in [5.74, 6) is 0.469. The minimum atomic E-state index is -1.03. The molecule has 0 bridgehead atoms. The monoisotopic (exact) mass is 262 g/mol. The number of aliphatic hydroxyl groups is 1. The van der Waals surface area contributed by atoms with Crippen molar-refractivity contribution in [3.63, 3.8) is 0 Å². The van der Waals surface area contributed by atoms with Gasteiger partial charge in [-0.25, -0.2) is 0 Å². The van der Waals surface area contributed by atoms with E-state index in [4.69, 9.17) is 0 Å². The van der Waals surface area contributed by atoms with E-state index in [1.807, 2.05) is 25.2 Å². The molecule has 2 rings (SSSR count). The summed E-state index contributed by atoms with van der Waals surface area (Å²) in [6.45, 7) is 2.49. The largest absolute Gasteiger partial charge is 0.378 e. The SMILES string of the molecule is CNCC1CCN(C(=O)C(O)c2ccccc2)CC1. The number of nitrogens with one attached hydrogen (secondary N) is 1. The number of aliphatic hydroxyl groups excluding tert-OH is 1. The number of carbonyl (C=O) groups is 1. The number of hydrogen-bond acceptors (Lipinski definition) is 3. The molecule has 1 aromatic carbocycles. The highest BCUT2D eigenvalue weighted by atomic mass is 16.3. The lowest BCUT2D eigenvalue weighted by atomic mass is 9.96. The second-order valence-electron chi connectivity index (χ2n) is 5.14. The maximum Gasteiger partial charge on any atom is 0.256 e. The third-order valence-electron chi connectivity index (χ3n) is 3.77. The number of hydrogen-bond donors (Lipinski definition) is 2. The predicted octanol–water partition coefficient (Wildman–Crippen LogP) is 1.18. The van der Waals surface area contributed by atoms with Gasteiger partial charge in [-0.15, -0.1) is 0 Å².